The summed E-state index contributed by atoms with van der Waals surface area (Å²) in [7, 11) is 0. The summed E-state index contributed by atoms with van der Waals surface area (Å²) in [5, 5.41) is 2.97. The Hall–Kier alpha value is -2.24. The van der Waals surface area contributed by atoms with Crippen molar-refractivity contribution >= 4 is 5.91 Å². The molecule has 5 nitrogen and oxygen atoms in total. The summed E-state index contributed by atoms with van der Waals surface area (Å²) in [6.45, 7) is 4.28. The minimum atomic E-state index is 0.0221. The molecular formula is C19H23N3O2. The molecule has 2 heterocycles. The van der Waals surface area contributed by atoms with Gasteiger partial charge in [-0.05, 0) is 24.1 Å². The average molecular weight is 325 g/mol. The third kappa shape index (κ3) is 4.40. The van der Waals surface area contributed by atoms with Crippen LogP contribution < -0.4 is 5.32 Å². The minimum absolute atomic E-state index is 0.0221. The molecule has 1 aliphatic rings. The summed E-state index contributed by atoms with van der Waals surface area (Å²) in [6, 6.07) is 14.2. The van der Waals surface area contributed by atoms with Gasteiger partial charge in [0, 0.05) is 25.5 Å². The predicted molar refractivity (Wildman–Crippen MR) is 92.3 cm³/mol. The van der Waals surface area contributed by atoms with E-state index < -0.39 is 0 Å². The molecule has 1 N–H and O–H groups in total. The second-order valence-corrected chi connectivity index (χ2v) is 6.14. The van der Waals surface area contributed by atoms with Crippen LogP contribution in [0.25, 0.3) is 0 Å². The molecule has 1 fully saturated rings. The van der Waals surface area contributed by atoms with E-state index in [0.717, 1.165) is 12.1 Å². The van der Waals surface area contributed by atoms with Crippen molar-refractivity contribution in [1.29, 1.82) is 0 Å². The number of hydrogen-bond acceptors (Lipinski definition) is 4. The monoisotopic (exact) mass is 325 g/mol. The van der Waals surface area contributed by atoms with Crippen molar-refractivity contribution < 1.29 is 9.53 Å². The molecule has 1 amide bonds. The van der Waals surface area contributed by atoms with Gasteiger partial charge in [0.05, 0.1) is 25.3 Å². The molecule has 0 spiro atoms. The second kappa shape index (κ2) is 8.04. The Morgan fingerprint density at radius 1 is 1.29 bits per heavy atom. The molecule has 1 aromatic carbocycles. The summed E-state index contributed by atoms with van der Waals surface area (Å²) in [6.07, 6.45) is 3.63. The van der Waals surface area contributed by atoms with Crippen LogP contribution >= 0.6 is 0 Å². The third-order valence-electron chi connectivity index (χ3n) is 4.21. The molecule has 5 heteroatoms. The smallest absolute Gasteiger partial charge is 0.234 e. The number of nitrogens with zero attached hydrogens (tertiary/aromatic N) is 2. The number of amides is 1. The Labute approximate surface area is 142 Å². The first-order chi connectivity index (χ1) is 11.7. The highest BCUT2D eigenvalue weighted by atomic mass is 16.5. The Kier molecular flexibility index (Phi) is 5.56. The molecule has 0 radical (unpaired) electrons. The van der Waals surface area contributed by atoms with E-state index in [4.69, 9.17) is 4.74 Å². The maximum atomic E-state index is 12.4. The molecule has 24 heavy (non-hydrogen) atoms. The quantitative estimate of drug-likeness (QED) is 0.915. The van der Waals surface area contributed by atoms with E-state index >= 15 is 0 Å². The lowest BCUT2D eigenvalue weighted by molar-refractivity contribution is -0.126. The van der Waals surface area contributed by atoms with Crippen molar-refractivity contribution in [2.45, 2.75) is 25.6 Å². The van der Waals surface area contributed by atoms with Crippen LogP contribution in [0.4, 0.5) is 0 Å². The van der Waals surface area contributed by atoms with E-state index in [1.807, 2.05) is 37.3 Å². The predicted octanol–water partition coefficient (Wildman–Crippen LogP) is 2.16. The molecule has 0 unspecified atom stereocenters. The fourth-order valence-electron chi connectivity index (χ4n) is 2.97. The number of rotatable bonds is 5. The fourth-order valence-corrected chi connectivity index (χ4v) is 2.97. The second-order valence-electron chi connectivity index (χ2n) is 6.14. The Balaban J connectivity index is 1.61. The first-order valence-electron chi connectivity index (χ1n) is 8.28. The van der Waals surface area contributed by atoms with Gasteiger partial charge in [0.15, 0.2) is 0 Å². The van der Waals surface area contributed by atoms with Gasteiger partial charge in [-0.3, -0.25) is 14.7 Å². The minimum Gasteiger partial charge on any atom is -0.375 e. The van der Waals surface area contributed by atoms with Crippen molar-refractivity contribution in [3.63, 3.8) is 0 Å². The van der Waals surface area contributed by atoms with Crippen molar-refractivity contribution in [1.82, 2.24) is 15.2 Å². The van der Waals surface area contributed by atoms with Crippen LogP contribution in [-0.2, 0) is 16.1 Å². The molecule has 1 saturated heterocycles. The van der Waals surface area contributed by atoms with Gasteiger partial charge in [-0.25, -0.2) is 0 Å². The lowest BCUT2D eigenvalue weighted by atomic mass is 10.0. The Morgan fingerprint density at radius 2 is 2.12 bits per heavy atom. The van der Waals surface area contributed by atoms with Gasteiger partial charge in [-0.2, -0.15) is 0 Å². The molecule has 2 aromatic rings. The summed E-state index contributed by atoms with van der Waals surface area (Å²) < 4.78 is 5.80. The highest BCUT2D eigenvalue weighted by Crippen LogP contribution is 2.25. The van der Waals surface area contributed by atoms with Gasteiger partial charge in [0.25, 0.3) is 0 Å². The first kappa shape index (κ1) is 16.6. The molecule has 2 atom stereocenters. The molecule has 0 aliphatic carbocycles. The van der Waals surface area contributed by atoms with Gasteiger partial charge < -0.3 is 10.1 Å². The first-order valence-corrected chi connectivity index (χ1v) is 8.28. The number of morpholine rings is 1. The number of ether oxygens (including phenoxy) is 1. The fraction of sp³-hybridized carbons (Fsp3) is 0.368. The molecule has 3 rings (SSSR count). The van der Waals surface area contributed by atoms with Crippen LogP contribution in [0.5, 0.6) is 0 Å². The number of carbonyl (C=O) groups is 1. The van der Waals surface area contributed by atoms with E-state index in [0.29, 0.717) is 19.7 Å². The van der Waals surface area contributed by atoms with Gasteiger partial charge >= 0.3 is 0 Å². The lowest BCUT2D eigenvalue weighted by Crippen LogP contribution is -2.47. The zero-order valence-electron chi connectivity index (χ0n) is 13.9. The molecule has 0 bridgehead atoms. The normalized spacial score (nSPS) is 21.4. The van der Waals surface area contributed by atoms with Gasteiger partial charge in [-0.1, -0.05) is 36.4 Å². The highest BCUT2D eigenvalue weighted by molar-refractivity contribution is 5.78. The van der Waals surface area contributed by atoms with Crippen molar-refractivity contribution in [2.24, 2.45) is 0 Å². The molecule has 1 aliphatic heterocycles. The van der Waals surface area contributed by atoms with Crippen LogP contribution in [0.3, 0.4) is 0 Å². The van der Waals surface area contributed by atoms with E-state index in [9.17, 15) is 4.79 Å². The topological polar surface area (TPSA) is 54.5 Å². The van der Waals surface area contributed by atoms with Gasteiger partial charge in [0.2, 0.25) is 5.91 Å². The van der Waals surface area contributed by atoms with Crippen LogP contribution in [-0.4, -0.2) is 41.6 Å². The number of aromatic nitrogens is 1. The molecule has 0 saturated carbocycles. The van der Waals surface area contributed by atoms with Crippen LogP contribution in [0, 0.1) is 0 Å². The number of carbonyl (C=O) groups excluding carboxylic acids is 1. The van der Waals surface area contributed by atoms with Crippen molar-refractivity contribution in [2.75, 3.05) is 19.7 Å². The number of benzene rings is 1. The summed E-state index contributed by atoms with van der Waals surface area (Å²) >= 11 is 0. The van der Waals surface area contributed by atoms with E-state index in [1.165, 1.54) is 5.56 Å². The summed E-state index contributed by atoms with van der Waals surface area (Å²) in [4.78, 5) is 18.6. The Bertz CT molecular complexity index is 648. The van der Waals surface area contributed by atoms with Crippen LogP contribution in [0.1, 0.15) is 24.1 Å². The number of hydrogen-bond donors (Lipinski definition) is 1. The van der Waals surface area contributed by atoms with Crippen molar-refractivity contribution in [3.8, 4) is 0 Å². The number of pyridine rings is 1. The standard InChI is InChI=1S/C19H23N3O2/c1-15-12-22(18(14-24-15)17-7-3-2-4-8-17)13-19(23)21-11-16-6-5-9-20-10-16/h2-10,15,18H,11-14H2,1H3,(H,21,23)/t15-,18-/m0/s1. The molecule has 1 aromatic heterocycles. The van der Waals surface area contributed by atoms with Gasteiger partial charge in [-0.15, -0.1) is 0 Å². The summed E-state index contributed by atoms with van der Waals surface area (Å²) in [5.41, 5.74) is 2.19. The SMILES string of the molecule is C[C@H]1CN(CC(=O)NCc2cccnc2)[C@H](c2ccccc2)CO1. The highest BCUT2D eigenvalue weighted by Gasteiger charge is 2.29. The van der Waals surface area contributed by atoms with E-state index in [1.54, 1.807) is 12.4 Å². The van der Waals surface area contributed by atoms with Crippen molar-refractivity contribution in [3.05, 3.63) is 66.0 Å². The molecule has 126 valence electrons. The Morgan fingerprint density at radius 3 is 2.88 bits per heavy atom. The molecular weight excluding hydrogens is 302 g/mol. The van der Waals surface area contributed by atoms with Crippen LogP contribution in [0.15, 0.2) is 54.9 Å². The lowest BCUT2D eigenvalue weighted by Gasteiger charge is -2.38. The largest absolute Gasteiger partial charge is 0.375 e. The van der Waals surface area contributed by atoms with E-state index in [2.05, 4.69) is 27.3 Å². The summed E-state index contributed by atoms with van der Waals surface area (Å²) in [5.74, 6) is 0.0221. The van der Waals surface area contributed by atoms with Gasteiger partial charge in [0.1, 0.15) is 0 Å². The average Bonchev–Trinajstić information content (AvgIpc) is 2.62. The van der Waals surface area contributed by atoms with E-state index in [-0.39, 0.29) is 18.1 Å². The maximum Gasteiger partial charge on any atom is 0.234 e. The zero-order chi connectivity index (χ0) is 16.8. The zero-order valence-corrected chi connectivity index (χ0v) is 13.9. The maximum absolute atomic E-state index is 12.4. The number of nitrogens with one attached hydrogen (secondary N) is 1. The van der Waals surface area contributed by atoms with Crippen LogP contribution in [0.2, 0.25) is 0 Å². The third-order valence-corrected chi connectivity index (χ3v) is 4.21.